The number of H-pyrrole nitrogens is 1. The van der Waals surface area contributed by atoms with Crippen molar-refractivity contribution < 1.29 is 9.59 Å². The van der Waals surface area contributed by atoms with E-state index < -0.39 is 5.54 Å². The molecule has 172 valence electrons. The van der Waals surface area contributed by atoms with Gasteiger partial charge in [0, 0.05) is 36.5 Å². The summed E-state index contributed by atoms with van der Waals surface area (Å²) in [5.74, 6) is 1.82. The van der Waals surface area contributed by atoms with Crippen molar-refractivity contribution in [1.82, 2.24) is 20.0 Å². The van der Waals surface area contributed by atoms with Crippen LogP contribution >= 0.6 is 0 Å². The van der Waals surface area contributed by atoms with Gasteiger partial charge in [-0.3, -0.25) is 24.6 Å². The van der Waals surface area contributed by atoms with Crippen LogP contribution in [-0.2, 0) is 9.59 Å². The van der Waals surface area contributed by atoms with E-state index in [0.717, 1.165) is 78.6 Å². The van der Waals surface area contributed by atoms with Crippen LogP contribution in [0.5, 0.6) is 0 Å². The average Bonchev–Trinajstić information content (AvgIpc) is 3.74. The van der Waals surface area contributed by atoms with Crippen molar-refractivity contribution in [3.05, 3.63) is 54.2 Å². The molecule has 7 rings (SSSR count). The number of rotatable bonds is 5. The quantitative estimate of drug-likeness (QED) is 0.641. The first-order valence-electron chi connectivity index (χ1n) is 12.3. The molecule has 3 heterocycles. The van der Waals surface area contributed by atoms with Gasteiger partial charge in [0.1, 0.15) is 11.4 Å². The minimum Gasteiger partial charge on any atom is -0.342 e. The van der Waals surface area contributed by atoms with Crippen LogP contribution in [0, 0.1) is 11.8 Å². The van der Waals surface area contributed by atoms with E-state index >= 15 is 0 Å². The Hall–Kier alpha value is -3.48. The summed E-state index contributed by atoms with van der Waals surface area (Å²) in [6.45, 7) is 2.22. The summed E-state index contributed by atoms with van der Waals surface area (Å²) in [7, 11) is 0. The lowest BCUT2D eigenvalue weighted by molar-refractivity contribution is -0.131. The lowest BCUT2D eigenvalue weighted by atomic mass is 10.0. The van der Waals surface area contributed by atoms with E-state index in [1.165, 1.54) is 0 Å². The Labute approximate surface area is 197 Å². The monoisotopic (exact) mass is 453 g/mol. The third-order valence-corrected chi connectivity index (χ3v) is 7.82. The number of aromatic amines is 1. The van der Waals surface area contributed by atoms with Crippen molar-refractivity contribution >= 4 is 28.6 Å². The van der Waals surface area contributed by atoms with Gasteiger partial charge in [0.25, 0.3) is 5.91 Å². The van der Waals surface area contributed by atoms with Gasteiger partial charge in [0.15, 0.2) is 0 Å². The summed E-state index contributed by atoms with van der Waals surface area (Å²) in [5.41, 5.74) is 3.73. The molecule has 1 saturated heterocycles. The van der Waals surface area contributed by atoms with Crippen molar-refractivity contribution in [3.63, 3.8) is 0 Å². The highest BCUT2D eigenvalue weighted by Gasteiger charge is 2.57. The molecule has 7 nitrogen and oxygen atoms in total. The second-order valence-electron chi connectivity index (χ2n) is 10.3. The van der Waals surface area contributed by atoms with Gasteiger partial charge in [-0.15, -0.1) is 0 Å². The summed E-state index contributed by atoms with van der Waals surface area (Å²) in [6.07, 6.45) is 6.54. The zero-order valence-electron chi connectivity index (χ0n) is 19.0. The van der Waals surface area contributed by atoms with Crippen molar-refractivity contribution in [3.8, 4) is 11.1 Å². The van der Waals surface area contributed by atoms with E-state index in [4.69, 9.17) is 4.99 Å². The van der Waals surface area contributed by atoms with Crippen LogP contribution in [0.15, 0.2) is 53.7 Å². The third kappa shape index (κ3) is 3.25. The first kappa shape index (κ1) is 19.9. The largest absolute Gasteiger partial charge is 0.342 e. The van der Waals surface area contributed by atoms with Gasteiger partial charge < -0.3 is 4.90 Å². The zero-order chi connectivity index (χ0) is 22.9. The number of nitrogens with one attached hydrogen (secondary N) is 1. The summed E-state index contributed by atoms with van der Waals surface area (Å²) in [6, 6.07) is 14.6. The van der Waals surface area contributed by atoms with Gasteiger partial charge in [0.05, 0.1) is 11.7 Å². The molecule has 0 bridgehead atoms. The number of amides is 2. The Morgan fingerprint density at radius 3 is 2.56 bits per heavy atom. The standard InChI is InChI=1S/C27H27N5O2/c33-25(20-5-6-20)31-12-9-17(15-31)16-32-24(29-27(10-11-27)26(32)34)19-3-1-18(2-4-19)21-7-8-23-22(13-21)14-28-30-23/h1-4,7-8,13-14,17,20H,5-6,9-12,15-16H2,(H,28,30). The highest BCUT2D eigenvalue weighted by molar-refractivity contribution is 6.16. The molecule has 2 aliphatic heterocycles. The number of benzene rings is 2. The van der Waals surface area contributed by atoms with Crippen molar-refractivity contribution in [2.75, 3.05) is 19.6 Å². The van der Waals surface area contributed by atoms with Gasteiger partial charge in [-0.25, -0.2) is 0 Å². The van der Waals surface area contributed by atoms with Crippen LogP contribution in [0.25, 0.3) is 22.0 Å². The maximum Gasteiger partial charge on any atom is 0.256 e. The third-order valence-electron chi connectivity index (χ3n) is 7.82. The second-order valence-corrected chi connectivity index (χ2v) is 10.3. The molecule has 2 aliphatic carbocycles. The average molecular weight is 454 g/mol. The topological polar surface area (TPSA) is 81.7 Å². The number of fused-ring (bicyclic) bond motifs is 1. The van der Waals surface area contributed by atoms with Crippen LogP contribution < -0.4 is 0 Å². The summed E-state index contributed by atoms with van der Waals surface area (Å²) in [4.78, 5) is 34.6. The molecule has 1 atom stereocenters. The SMILES string of the molecule is O=C(C1CC1)N1CCC(CN2C(=O)C3(CC3)N=C2c2ccc(-c3ccc4[nH]ncc4c3)cc2)C1. The number of likely N-dealkylation sites (tertiary alicyclic amines) is 1. The second kappa shape index (κ2) is 7.26. The number of hydrogen-bond donors (Lipinski definition) is 1. The zero-order valence-corrected chi connectivity index (χ0v) is 19.0. The minimum absolute atomic E-state index is 0.143. The van der Waals surface area contributed by atoms with E-state index in [2.05, 4.69) is 46.6 Å². The molecule has 3 fully saturated rings. The van der Waals surface area contributed by atoms with Crippen LogP contribution in [0.2, 0.25) is 0 Å². The summed E-state index contributed by atoms with van der Waals surface area (Å²) >= 11 is 0. The Morgan fingerprint density at radius 1 is 1.03 bits per heavy atom. The Balaban J connectivity index is 1.12. The fourth-order valence-corrected chi connectivity index (χ4v) is 5.45. The molecule has 7 heteroatoms. The number of carbonyl (C=O) groups is 2. The van der Waals surface area contributed by atoms with Crippen molar-refractivity contribution in [2.24, 2.45) is 16.8 Å². The molecule has 2 saturated carbocycles. The number of hydrogen-bond acceptors (Lipinski definition) is 4. The predicted octanol–water partition coefficient (Wildman–Crippen LogP) is 3.61. The molecule has 1 unspecified atom stereocenters. The Morgan fingerprint density at radius 2 is 1.79 bits per heavy atom. The maximum absolute atomic E-state index is 13.3. The highest BCUT2D eigenvalue weighted by Crippen LogP contribution is 2.46. The molecule has 0 radical (unpaired) electrons. The lowest BCUT2D eigenvalue weighted by Crippen LogP contribution is -2.40. The number of carbonyl (C=O) groups excluding carboxylic acids is 2. The molecule has 4 aliphatic rings. The molecular weight excluding hydrogens is 426 g/mol. The minimum atomic E-state index is -0.525. The van der Waals surface area contributed by atoms with Gasteiger partial charge >= 0.3 is 0 Å². The summed E-state index contributed by atoms with van der Waals surface area (Å²) < 4.78 is 0. The van der Waals surface area contributed by atoms with E-state index in [1.807, 2.05) is 22.1 Å². The van der Waals surface area contributed by atoms with Gasteiger partial charge in [-0.2, -0.15) is 5.10 Å². The van der Waals surface area contributed by atoms with Crippen LogP contribution in [0.1, 0.15) is 37.7 Å². The molecular formula is C27H27N5O2. The fraction of sp³-hybridized carbons (Fsp3) is 0.407. The van der Waals surface area contributed by atoms with Crippen LogP contribution in [0.3, 0.4) is 0 Å². The smallest absolute Gasteiger partial charge is 0.256 e. The molecule has 1 spiro atoms. The summed E-state index contributed by atoms with van der Waals surface area (Å²) in [5, 5.41) is 8.18. The molecule has 3 aromatic rings. The predicted molar refractivity (Wildman–Crippen MR) is 129 cm³/mol. The molecule has 1 N–H and O–H groups in total. The van der Waals surface area contributed by atoms with Crippen molar-refractivity contribution in [1.29, 1.82) is 0 Å². The van der Waals surface area contributed by atoms with E-state index in [9.17, 15) is 9.59 Å². The van der Waals surface area contributed by atoms with Gasteiger partial charge in [-0.1, -0.05) is 30.3 Å². The van der Waals surface area contributed by atoms with E-state index in [0.29, 0.717) is 18.4 Å². The van der Waals surface area contributed by atoms with E-state index in [-0.39, 0.29) is 11.8 Å². The number of amidine groups is 1. The van der Waals surface area contributed by atoms with E-state index in [1.54, 1.807) is 0 Å². The van der Waals surface area contributed by atoms with Crippen LogP contribution in [-0.4, -0.2) is 62.8 Å². The maximum atomic E-state index is 13.3. The van der Waals surface area contributed by atoms with Crippen molar-refractivity contribution in [2.45, 2.75) is 37.6 Å². The molecule has 1 aromatic heterocycles. The molecule has 34 heavy (non-hydrogen) atoms. The molecule has 2 amide bonds. The fourth-order valence-electron chi connectivity index (χ4n) is 5.45. The Bertz CT molecular complexity index is 1330. The highest BCUT2D eigenvalue weighted by atomic mass is 16.2. The number of aromatic nitrogens is 2. The van der Waals surface area contributed by atoms with Gasteiger partial charge in [-0.05, 0) is 61.3 Å². The van der Waals surface area contributed by atoms with Gasteiger partial charge in [0.2, 0.25) is 5.91 Å². The number of aliphatic imine (C=N–C) groups is 1. The van der Waals surface area contributed by atoms with Crippen LogP contribution in [0.4, 0.5) is 0 Å². The first-order chi connectivity index (χ1) is 16.6. The lowest BCUT2D eigenvalue weighted by Gasteiger charge is -2.23. The molecule has 2 aromatic carbocycles. The normalized spacial score (nSPS) is 23.2. The first-order valence-corrected chi connectivity index (χ1v) is 12.3. The number of nitrogens with zero attached hydrogens (tertiary/aromatic N) is 4. The Kier molecular flexibility index (Phi) is 4.26.